The van der Waals surface area contributed by atoms with Crippen LogP contribution in [0.1, 0.15) is 21.5 Å². The van der Waals surface area contributed by atoms with Crippen LogP contribution in [0, 0.1) is 0 Å². The van der Waals surface area contributed by atoms with Crippen molar-refractivity contribution in [3.05, 3.63) is 59.4 Å². The van der Waals surface area contributed by atoms with Gasteiger partial charge in [0.2, 0.25) is 0 Å². The predicted octanol–water partition coefficient (Wildman–Crippen LogP) is 2.91. The number of benzene rings is 1. The van der Waals surface area contributed by atoms with Crippen molar-refractivity contribution in [3.8, 4) is 0 Å². The van der Waals surface area contributed by atoms with E-state index in [4.69, 9.17) is 5.73 Å². The molecule has 0 amide bonds. The second kappa shape index (κ2) is 4.72. The van der Waals surface area contributed by atoms with Crippen molar-refractivity contribution in [1.82, 2.24) is 4.98 Å². The highest BCUT2D eigenvalue weighted by Gasteiger charge is 2.35. The van der Waals surface area contributed by atoms with E-state index in [9.17, 15) is 18.0 Å². The zero-order chi connectivity index (χ0) is 14.0. The van der Waals surface area contributed by atoms with Gasteiger partial charge in [0, 0.05) is 29.2 Å². The average molecular weight is 266 g/mol. The Morgan fingerprint density at radius 3 is 2.53 bits per heavy atom. The normalized spacial score (nSPS) is 11.3. The Balaban J connectivity index is 2.54. The first kappa shape index (κ1) is 13.1. The summed E-state index contributed by atoms with van der Waals surface area (Å²) in [5.41, 5.74) is 3.91. The smallest absolute Gasteiger partial charge is 0.399 e. The van der Waals surface area contributed by atoms with E-state index >= 15 is 0 Å². The molecule has 2 aromatic rings. The zero-order valence-corrected chi connectivity index (χ0v) is 9.61. The predicted molar refractivity (Wildman–Crippen MR) is 63.5 cm³/mol. The highest BCUT2D eigenvalue weighted by atomic mass is 19.4. The Labute approximate surface area is 106 Å². The van der Waals surface area contributed by atoms with E-state index in [1.807, 2.05) is 0 Å². The van der Waals surface area contributed by atoms with Crippen LogP contribution in [0.3, 0.4) is 0 Å². The number of halogens is 3. The Kier molecular flexibility index (Phi) is 3.25. The Morgan fingerprint density at radius 2 is 1.95 bits per heavy atom. The summed E-state index contributed by atoms with van der Waals surface area (Å²) in [6.45, 7) is 0. The third-order valence-corrected chi connectivity index (χ3v) is 2.52. The number of rotatable bonds is 2. The molecule has 0 radical (unpaired) electrons. The average Bonchev–Trinajstić information content (AvgIpc) is 2.38. The van der Waals surface area contributed by atoms with Gasteiger partial charge in [-0.05, 0) is 30.3 Å². The SMILES string of the molecule is Nc1ccc(C(=O)c2cccnc2)c(C(F)(F)F)c1. The number of carbonyl (C=O) groups excluding carboxylic acids is 1. The highest BCUT2D eigenvalue weighted by molar-refractivity contribution is 6.10. The number of carbonyl (C=O) groups is 1. The quantitative estimate of drug-likeness (QED) is 0.671. The van der Waals surface area contributed by atoms with Crippen molar-refractivity contribution in [2.75, 3.05) is 5.73 Å². The fraction of sp³-hybridized carbons (Fsp3) is 0.0769. The van der Waals surface area contributed by atoms with Crippen molar-refractivity contribution < 1.29 is 18.0 Å². The van der Waals surface area contributed by atoms with Crippen LogP contribution < -0.4 is 5.73 Å². The van der Waals surface area contributed by atoms with Crippen LogP contribution >= 0.6 is 0 Å². The van der Waals surface area contributed by atoms with Gasteiger partial charge in [-0.2, -0.15) is 13.2 Å². The van der Waals surface area contributed by atoms with E-state index in [0.717, 1.165) is 12.1 Å². The Bertz CT molecular complexity index is 609. The van der Waals surface area contributed by atoms with Crippen molar-refractivity contribution >= 4 is 11.5 Å². The lowest BCUT2D eigenvalue weighted by Gasteiger charge is -2.12. The molecule has 0 aliphatic rings. The number of hydrogen-bond donors (Lipinski definition) is 1. The molecule has 0 saturated carbocycles. The first-order valence-electron chi connectivity index (χ1n) is 5.31. The molecule has 0 unspecified atom stereocenters. The monoisotopic (exact) mass is 266 g/mol. The van der Waals surface area contributed by atoms with E-state index in [0.29, 0.717) is 0 Å². The third kappa shape index (κ3) is 2.73. The minimum absolute atomic E-state index is 0.0462. The first-order chi connectivity index (χ1) is 8.89. The summed E-state index contributed by atoms with van der Waals surface area (Å²) in [5, 5.41) is 0. The van der Waals surface area contributed by atoms with Crippen molar-refractivity contribution in [1.29, 1.82) is 0 Å². The van der Waals surface area contributed by atoms with Crippen LogP contribution in [-0.4, -0.2) is 10.8 Å². The molecule has 6 heteroatoms. The van der Waals surface area contributed by atoms with Crippen LogP contribution in [0.25, 0.3) is 0 Å². The maximum absolute atomic E-state index is 12.9. The summed E-state index contributed by atoms with van der Waals surface area (Å²) in [6, 6.07) is 5.99. The molecule has 1 aromatic carbocycles. The summed E-state index contributed by atoms with van der Waals surface area (Å²) in [5.74, 6) is -0.736. The fourth-order valence-electron chi connectivity index (χ4n) is 1.65. The fourth-order valence-corrected chi connectivity index (χ4v) is 1.65. The van der Waals surface area contributed by atoms with Gasteiger partial charge in [-0.25, -0.2) is 0 Å². The van der Waals surface area contributed by atoms with E-state index in [-0.39, 0.29) is 11.3 Å². The number of alkyl halides is 3. The van der Waals surface area contributed by atoms with Crippen LogP contribution in [-0.2, 0) is 6.18 Å². The Morgan fingerprint density at radius 1 is 1.21 bits per heavy atom. The molecule has 1 aromatic heterocycles. The molecular weight excluding hydrogens is 257 g/mol. The van der Waals surface area contributed by atoms with Crippen LogP contribution in [0.15, 0.2) is 42.7 Å². The zero-order valence-electron chi connectivity index (χ0n) is 9.61. The van der Waals surface area contributed by atoms with Crippen LogP contribution in [0.5, 0.6) is 0 Å². The van der Waals surface area contributed by atoms with Gasteiger partial charge < -0.3 is 5.73 Å². The number of nitrogen functional groups attached to an aromatic ring is 1. The summed E-state index contributed by atoms with van der Waals surface area (Å²) in [6.07, 6.45) is -1.98. The number of nitrogens with zero attached hydrogens (tertiary/aromatic N) is 1. The van der Waals surface area contributed by atoms with Crippen molar-refractivity contribution in [3.63, 3.8) is 0 Å². The van der Waals surface area contributed by atoms with Gasteiger partial charge in [0.1, 0.15) is 0 Å². The number of ketones is 1. The maximum atomic E-state index is 12.9. The van der Waals surface area contributed by atoms with Crippen molar-refractivity contribution in [2.45, 2.75) is 6.18 Å². The van der Waals surface area contributed by atoms with E-state index in [1.54, 1.807) is 0 Å². The molecule has 0 atom stereocenters. The lowest BCUT2D eigenvalue weighted by molar-refractivity contribution is -0.137. The number of pyridine rings is 1. The highest BCUT2D eigenvalue weighted by Crippen LogP contribution is 2.34. The minimum atomic E-state index is -4.64. The summed E-state index contributed by atoms with van der Waals surface area (Å²) < 4.78 is 38.6. The van der Waals surface area contributed by atoms with E-state index in [1.165, 1.54) is 30.6 Å². The third-order valence-electron chi connectivity index (χ3n) is 2.52. The lowest BCUT2D eigenvalue weighted by Crippen LogP contribution is -2.14. The molecule has 1 heterocycles. The number of aromatic nitrogens is 1. The molecule has 3 nitrogen and oxygen atoms in total. The second-order valence-corrected chi connectivity index (χ2v) is 3.87. The minimum Gasteiger partial charge on any atom is -0.399 e. The summed E-state index contributed by atoms with van der Waals surface area (Å²) in [4.78, 5) is 15.8. The van der Waals surface area contributed by atoms with Crippen molar-refractivity contribution in [2.24, 2.45) is 0 Å². The van der Waals surface area contributed by atoms with Gasteiger partial charge in [-0.1, -0.05) is 0 Å². The molecule has 0 saturated heterocycles. The largest absolute Gasteiger partial charge is 0.417 e. The van der Waals surface area contributed by atoms with E-state index in [2.05, 4.69) is 4.98 Å². The number of hydrogen-bond acceptors (Lipinski definition) is 3. The molecule has 2 rings (SSSR count). The topological polar surface area (TPSA) is 56.0 Å². The first-order valence-corrected chi connectivity index (χ1v) is 5.31. The molecule has 2 N–H and O–H groups in total. The van der Waals surface area contributed by atoms with Gasteiger partial charge in [0.05, 0.1) is 5.56 Å². The second-order valence-electron chi connectivity index (χ2n) is 3.87. The van der Waals surface area contributed by atoms with Gasteiger partial charge >= 0.3 is 6.18 Å². The van der Waals surface area contributed by atoms with E-state index < -0.39 is 23.1 Å². The van der Waals surface area contributed by atoms with Crippen LogP contribution in [0.2, 0.25) is 0 Å². The molecule has 98 valence electrons. The van der Waals surface area contributed by atoms with Crippen LogP contribution in [0.4, 0.5) is 18.9 Å². The molecule has 0 aliphatic carbocycles. The summed E-state index contributed by atoms with van der Waals surface area (Å²) in [7, 11) is 0. The van der Waals surface area contributed by atoms with Gasteiger partial charge in [-0.15, -0.1) is 0 Å². The number of nitrogens with two attached hydrogens (primary N) is 1. The number of anilines is 1. The molecular formula is C13H9F3N2O. The standard InChI is InChI=1S/C13H9F3N2O/c14-13(15,16)11-6-9(17)3-4-10(11)12(19)8-2-1-5-18-7-8/h1-7H,17H2. The van der Waals surface area contributed by atoms with Gasteiger partial charge in [0.25, 0.3) is 0 Å². The lowest BCUT2D eigenvalue weighted by atomic mass is 9.98. The molecule has 0 aliphatic heterocycles. The maximum Gasteiger partial charge on any atom is 0.417 e. The molecule has 0 bridgehead atoms. The summed E-state index contributed by atoms with van der Waals surface area (Å²) >= 11 is 0. The van der Waals surface area contributed by atoms with Gasteiger partial charge in [-0.3, -0.25) is 9.78 Å². The Hall–Kier alpha value is -2.37. The molecule has 19 heavy (non-hydrogen) atoms. The molecule has 0 spiro atoms. The van der Waals surface area contributed by atoms with Gasteiger partial charge in [0.15, 0.2) is 5.78 Å². The molecule has 0 fully saturated rings.